The monoisotopic (exact) mass is 746 g/mol. The summed E-state index contributed by atoms with van der Waals surface area (Å²) in [7, 11) is 0. The van der Waals surface area contributed by atoms with E-state index >= 15 is 0 Å². The van der Waals surface area contributed by atoms with Crippen molar-refractivity contribution >= 4 is 80.3 Å². The fourth-order valence-electron chi connectivity index (χ4n) is 7.52. The number of allylic oxidation sites excluding steroid dienone is 4. The van der Waals surface area contributed by atoms with Gasteiger partial charge in [-0.3, -0.25) is 14.5 Å². The fourth-order valence-corrected chi connectivity index (χ4v) is 12.9. The van der Waals surface area contributed by atoms with Gasteiger partial charge in [-0.05, 0) is 60.0 Å². The summed E-state index contributed by atoms with van der Waals surface area (Å²) < 4.78 is 0. The van der Waals surface area contributed by atoms with Gasteiger partial charge in [0, 0.05) is 48.8 Å². The molecule has 5 aliphatic rings. The second-order valence-corrected chi connectivity index (χ2v) is 18.0. The van der Waals surface area contributed by atoms with Gasteiger partial charge in [-0.15, -0.1) is 22.7 Å². The average molecular weight is 747 g/mol. The van der Waals surface area contributed by atoms with Gasteiger partial charge in [-0.1, -0.05) is 53.3 Å². The fraction of sp³-hybridized carbons (Fsp3) is 0.351. The minimum atomic E-state index is -0.520. The maximum Gasteiger partial charge on any atom is 0.291 e. The molecule has 0 unspecified atom stereocenters. The molecule has 0 spiro atoms. The number of aliphatic imine (C=N–C) groups is 2. The number of carbonyl (C=O) groups excluding carboxylic acids is 2. The van der Waals surface area contributed by atoms with Gasteiger partial charge < -0.3 is 4.90 Å². The molecule has 10 nitrogen and oxygen atoms in total. The molecule has 2 amide bonds. The lowest BCUT2D eigenvalue weighted by atomic mass is 9.71. The van der Waals surface area contributed by atoms with E-state index in [-0.39, 0.29) is 38.6 Å². The Morgan fingerprint density at radius 1 is 0.725 bits per heavy atom. The summed E-state index contributed by atoms with van der Waals surface area (Å²) in [5.74, 6) is -0.615. The third-order valence-electron chi connectivity index (χ3n) is 10.1. The Morgan fingerprint density at radius 3 is 1.55 bits per heavy atom. The maximum atomic E-state index is 13.4. The summed E-state index contributed by atoms with van der Waals surface area (Å²) in [6.07, 6.45) is 4.15. The predicted octanol–water partition coefficient (Wildman–Crippen LogP) is 8.24. The Bertz CT molecular complexity index is 2220. The molecule has 3 aliphatic carbocycles. The minimum Gasteiger partial charge on any atom is -0.309 e. The highest BCUT2D eigenvalue weighted by atomic mass is 32.2. The van der Waals surface area contributed by atoms with Crippen LogP contribution in [0.25, 0.3) is 26.8 Å². The number of thioether (sulfide) groups is 2. The Morgan fingerprint density at radius 2 is 1.16 bits per heavy atom. The molecule has 14 heteroatoms. The largest absolute Gasteiger partial charge is 0.309 e. The number of nitrogens with zero attached hydrogens (tertiary/aromatic N) is 8. The van der Waals surface area contributed by atoms with Crippen LogP contribution in [0.3, 0.4) is 0 Å². The van der Waals surface area contributed by atoms with Crippen molar-refractivity contribution in [2.24, 2.45) is 9.98 Å². The zero-order valence-corrected chi connectivity index (χ0v) is 32.4. The molecule has 2 aliphatic heterocycles. The zero-order chi connectivity index (χ0) is 36.9. The van der Waals surface area contributed by atoms with Crippen molar-refractivity contribution in [2.75, 3.05) is 13.1 Å². The van der Waals surface area contributed by atoms with Crippen LogP contribution in [0.2, 0.25) is 0 Å². The average Bonchev–Trinajstić information content (AvgIpc) is 3.91. The number of carbonyl (C=O) groups is 2. The van der Waals surface area contributed by atoms with Gasteiger partial charge in [0.25, 0.3) is 17.5 Å². The van der Waals surface area contributed by atoms with Crippen LogP contribution < -0.4 is 0 Å². The van der Waals surface area contributed by atoms with Crippen LogP contribution in [0.1, 0.15) is 87.4 Å². The molecule has 51 heavy (non-hydrogen) atoms. The second kappa shape index (κ2) is 11.7. The van der Waals surface area contributed by atoms with Crippen molar-refractivity contribution < 1.29 is 9.59 Å². The van der Waals surface area contributed by atoms with E-state index in [0.717, 1.165) is 44.7 Å². The zero-order valence-electron chi connectivity index (χ0n) is 29.1. The van der Waals surface area contributed by atoms with Crippen molar-refractivity contribution in [3.63, 3.8) is 0 Å². The molecule has 2 saturated heterocycles. The van der Waals surface area contributed by atoms with Crippen LogP contribution in [0.5, 0.6) is 0 Å². The highest BCUT2D eigenvalue weighted by Gasteiger charge is 2.53. The van der Waals surface area contributed by atoms with Gasteiger partial charge in [-0.2, -0.15) is 10.5 Å². The predicted molar refractivity (Wildman–Crippen MR) is 204 cm³/mol. The van der Waals surface area contributed by atoms with E-state index in [1.807, 2.05) is 25.1 Å². The van der Waals surface area contributed by atoms with E-state index in [4.69, 9.17) is 16.6 Å². The van der Waals surface area contributed by atoms with Crippen molar-refractivity contribution in [3.05, 3.63) is 76.1 Å². The highest BCUT2D eigenvalue weighted by molar-refractivity contribution is 8.20. The van der Waals surface area contributed by atoms with Crippen LogP contribution in [0.15, 0.2) is 42.7 Å². The lowest BCUT2D eigenvalue weighted by Crippen LogP contribution is -2.29. The molecule has 4 heterocycles. The van der Waals surface area contributed by atoms with E-state index in [9.17, 15) is 25.4 Å². The summed E-state index contributed by atoms with van der Waals surface area (Å²) in [6.45, 7) is 24.7. The Labute approximate surface area is 312 Å². The molecular weight excluding hydrogens is 717 g/mol. The number of hydrogen-bond donors (Lipinski definition) is 0. The van der Waals surface area contributed by atoms with Crippen LogP contribution in [0, 0.1) is 40.6 Å². The first kappa shape index (κ1) is 34.7. The van der Waals surface area contributed by atoms with Gasteiger partial charge in [0.05, 0.1) is 24.0 Å². The number of nitriles is 3. The van der Waals surface area contributed by atoms with Gasteiger partial charge in [0.2, 0.25) is 0 Å². The van der Waals surface area contributed by atoms with E-state index in [1.54, 1.807) is 29.6 Å². The standard InChI is InChI=1S/C37H30N8O2S4/c1-10-44-31(46)29(50-33(44)17(14-38)15-39)42-21-12-19-23(35(21,3)4)25-27(48-19)28-26(37(25,7)8)24-20(49-28)13-22(36(24,5)6)43-30-32(47)45(11-2)34(51-30)18(16-40)41-9/h12-13H,10-11H2,1-8H3/b34-18+,42-29?,43-30?. The molecule has 2 aromatic heterocycles. The second-order valence-electron chi connectivity index (χ2n) is 13.9. The third kappa shape index (κ3) is 4.64. The van der Waals surface area contributed by atoms with E-state index in [2.05, 4.69) is 58.5 Å². The molecule has 254 valence electrons. The maximum absolute atomic E-state index is 13.4. The molecule has 2 aromatic rings. The molecular formula is C37H30N8O2S4. The van der Waals surface area contributed by atoms with Gasteiger partial charge in [0.1, 0.15) is 22.2 Å². The molecule has 0 radical (unpaired) electrons. The van der Waals surface area contributed by atoms with E-state index in [1.165, 1.54) is 41.8 Å². The summed E-state index contributed by atoms with van der Waals surface area (Å²) in [5, 5.41) is 29.6. The van der Waals surface area contributed by atoms with Crippen LogP contribution >= 0.6 is 46.2 Å². The van der Waals surface area contributed by atoms with Crippen molar-refractivity contribution in [2.45, 2.75) is 71.6 Å². The van der Waals surface area contributed by atoms with E-state index < -0.39 is 10.8 Å². The number of thiophene rings is 2. The topological polar surface area (TPSA) is 141 Å². The first-order chi connectivity index (χ1) is 24.1. The first-order valence-corrected chi connectivity index (χ1v) is 19.4. The van der Waals surface area contributed by atoms with Gasteiger partial charge in [-0.25, -0.2) is 20.1 Å². The van der Waals surface area contributed by atoms with Crippen LogP contribution in [-0.2, 0) is 25.8 Å². The van der Waals surface area contributed by atoms with Crippen LogP contribution in [0.4, 0.5) is 0 Å². The third-order valence-corrected chi connectivity index (χ3v) is 14.6. The smallest absolute Gasteiger partial charge is 0.291 e. The van der Waals surface area contributed by atoms with Gasteiger partial charge in [0.15, 0.2) is 15.7 Å². The summed E-state index contributed by atoms with van der Waals surface area (Å²) in [4.78, 5) is 47.5. The minimum absolute atomic E-state index is 0.101. The number of rotatable bonds is 4. The summed E-state index contributed by atoms with van der Waals surface area (Å²) >= 11 is 5.65. The lowest BCUT2D eigenvalue weighted by Gasteiger charge is -2.32. The van der Waals surface area contributed by atoms with E-state index in [0.29, 0.717) is 23.1 Å². The normalized spacial score (nSPS) is 22.6. The molecule has 2 fully saturated rings. The van der Waals surface area contributed by atoms with Crippen molar-refractivity contribution in [1.82, 2.24) is 9.80 Å². The van der Waals surface area contributed by atoms with Crippen molar-refractivity contribution in [1.29, 1.82) is 15.8 Å². The molecule has 7 rings (SSSR count). The number of fused-ring (bicyclic) bond motifs is 7. The number of hydrogen-bond acceptors (Lipinski definition) is 11. The highest BCUT2D eigenvalue weighted by Crippen LogP contribution is 2.66. The Hall–Kier alpha value is -4.70. The van der Waals surface area contributed by atoms with Crippen LogP contribution in [-0.4, -0.2) is 44.8 Å². The molecule has 0 N–H and O–H groups in total. The van der Waals surface area contributed by atoms with Gasteiger partial charge >= 0.3 is 0 Å². The summed E-state index contributed by atoms with van der Waals surface area (Å²) in [6, 6.07) is 5.73. The van der Waals surface area contributed by atoms with Crippen molar-refractivity contribution in [3.8, 4) is 28.0 Å². The lowest BCUT2D eigenvalue weighted by molar-refractivity contribution is -0.121. The quantitative estimate of drug-likeness (QED) is 0.227. The Kier molecular flexibility index (Phi) is 7.94. The molecule has 0 saturated carbocycles. The Balaban J connectivity index is 1.27. The molecule has 0 atom stereocenters. The number of amides is 2. The SMILES string of the molecule is [C-]#[N+]/C(C#N)=C1/SC(=NC2=Cc3sc4c(c3C2(C)C)C(C)(C)c2c-4sc3c2C(C)(C)C(N=C2SC(=C(C#N)C#N)N(CC)C2=O)=C3)C(=O)N1CC. The summed E-state index contributed by atoms with van der Waals surface area (Å²) in [5.41, 5.74) is 4.81. The molecule has 0 aromatic carbocycles. The molecule has 0 bridgehead atoms. The first-order valence-electron chi connectivity index (χ1n) is 16.1.